The summed E-state index contributed by atoms with van der Waals surface area (Å²) in [7, 11) is 0. The number of fused-ring (bicyclic) bond motifs is 3. The predicted octanol–water partition coefficient (Wildman–Crippen LogP) is 0.369. The van der Waals surface area contributed by atoms with Crippen molar-refractivity contribution in [3.8, 4) is 0 Å². The fourth-order valence-electron chi connectivity index (χ4n) is 3.44. The Morgan fingerprint density at radius 2 is 2.00 bits per heavy atom. The first kappa shape index (κ1) is 16.4. The first-order chi connectivity index (χ1) is 12.6. The molecule has 0 unspecified atom stereocenters. The van der Waals surface area contributed by atoms with Gasteiger partial charge in [-0.3, -0.25) is 14.8 Å². The number of nitrogens with zero attached hydrogens (tertiary/aromatic N) is 1. The number of hydroxylamine groups is 1. The SMILES string of the molecule is O=C(NO)c1ccc(Cn2c3c(c4c2=CC=C(F)C4=O)CNCC=3)cc1. The summed E-state index contributed by atoms with van der Waals surface area (Å²) >= 11 is 0. The second kappa shape index (κ2) is 6.36. The molecule has 0 atom stereocenters. The van der Waals surface area contributed by atoms with Gasteiger partial charge in [-0.2, -0.15) is 0 Å². The number of halogens is 1. The van der Waals surface area contributed by atoms with E-state index in [2.05, 4.69) is 5.32 Å². The molecule has 1 aromatic heterocycles. The highest BCUT2D eigenvalue weighted by atomic mass is 19.1. The van der Waals surface area contributed by atoms with Crippen molar-refractivity contribution in [1.82, 2.24) is 15.4 Å². The number of benzene rings is 1. The van der Waals surface area contributed by atoms with E-state index >= 15 is 0 Å². The zero-order valence-corrected chi connectivity index (χ0v) is 13.8. The van der Waals surface area contributed by atoms with E-state index in [4.69, 9.17) is 5.21 Å². The number of Topliss-reactive ketones (excluding diaryl/α,β-unsaturated/α-hetero) is 1. The Kier molecular flexibility index (Phi) is 4.02. The molecular formula is C19H16FN3O3. The van der Waals surface area contributed by atoms with Gasteiger partial charge in [0.05, 0.1) is 10.9 Å². The van der Waals surface area contributed by atoms with E-state index in [9.17, 15) is 14.0 Å². The number of aromatic nitrogens is 1. The van der Waals surface area contributed by atoms with Crippen molar-refractivity contribution in [3.63, 3.8) is 0 Å². The number of hydrogen-bond donors (Lipinski definition) is 3. The molecule has 1 aromatic carbocycles. The van der Waals surface area contributed by atoms with Crippen LogP contribution in [-0.2, 0) is 13.1 Å². The minimum absolute atomic E-state index is 0.343. The van der Waals surface area contributed by atoms with Gasteiger partial charge in [-0.15, -0.1) is 0 Å². The summed E-state index contributed by atoms with van der Waals surface area (Å²) in [6.07, 6.45) is 4.82. The third kappa shape index (κ3) is 2.58. The summed E-state index contributed by atoms with van der Waals surface area (Å²) in [5.41, 5.74) is 4.09. The fourth-order valence-corrected chi connectivity index (χ4v) is 3.44. The lowest BCUT2D eigenvalue weighted by Gasteiger charge is -2.10. The van der Waals surface area contributed by atoms with Gasteiger partial charge < -0.3 is 9.88 Å². The lowest BCUT2D eigenvalue weighted by molar-refractivity contribution is 0.0706. The maximum absolute atomic E-state index is 13.8. The minimum atomic E-state index is -0.748. The molecule has 26 heavy (non-hydrogen) atoms. The van der Waals surface area contributed by atoms with Crippen LogP contribution in [0, 0.1) is 0 Å². The first-order valence-corrected chi connectivity index (χ1v) is 8.18. The Labute approximate surface area is 147 Å². The molecule has 2 aromatic rings. The average Bonchev–Trinajstić information content (AvgIpc) is 2.99. The zero-order chi connectivity index (χ0) is 18.3. The van der Waals surface area contributed by atoms with Crippen LogP contribution in [0.25, 0.3) is 12.2 Å². The number of allylic oxidation sites excluding steroid dienone is 2. The van der Waals surface area contributed by atoms with E-state index in [1.165, 1.54) is 6.08 Å². The van der Waals surface area contributed by atoms with Gasteiger partial charge in [0, 0.05) is 36.1 Å². The Hall–Kier alpha value is -3.03. The molecule has 2 aliphatic rings. The summed E-state index contributed by atoms with van der Waals surface area (Å²) in [6.45, 7) is 1.67. The van der Waals surface area contributed by atoms with Crippen LogP contribution in [-0.4, -0.2) is 28.0 Å². The predicted molar refractivity (Wildman–Crippen MR) is 92.6 cm³/mol. The topological polar surface area (TPSA) is 83.4 Å². The van der Waals surface area contributed by atoms with Crippen molar-refractivity contribution < 1.29 is 19.2 Å². The quantitative estimate of drug-likeness (QED) is 0.550. The normalized spacial score (nSPS) is 15.3. The summed E-state index contributed by atoms with van der Waals surface area (Å²) in [5.74, 6) is -1.90. The lowest BCUT2D eigenvalue weighted by Crippen LogP contribution is -2.33. The molecule has 0 fully saturated rings. The van der Waals surface area contributed by atoms with Crippen molar-refractivity contribution >= 4 is 23.8 Å². The van der Waals surface area contributed by atoms with Crippen molar-refractivity contribution in [1.29, 1.82) is 0 Å². The molecule has 0 radical (unpaired) electrons. The number of ketones is 1. The highest BCUT2D eigenvalue weighted by Gasteiger charge is 2.26. The van der Waals surface area contributed by atoms with Crippen LogP contribution in [0.4, 0.5) is 4.39 Å². The van der Waals surface area contributed by atoms with E-state index in [-0.39, 0.29) is 0 Å². The van der Waals surface area contributed by atoms with Gasteiger partial charge in [0.2, 0.25) is 5.78 Å². The summed E-state index contributed by atoms with van der Waals surface area (Å²) in [6, 6.07) is 6.79. The minimum Gasteiger partial charge on any atom is -0.336 e. The number of carbonyl (C=O) groups excluding carboxylic acids is 2. The maximum atomic E-state index is 13.8. The maximum Gasteiger partial charge on any atom is 0.274 e. The standard InChI is InChI=1S/C19H16FN3O3/c20-14-5-6-16-17(18(14)24)13-9-21-8-7-15(13)23(16)10-11-1-3-12(4-2-11)19(25)22-26/h1-7,21,26H,8-10H2,(H,22,25). The molecule has 3 N–H and O–H groups in total. The number of rotatable bonds is 3. The molecule has 0 spiro atoms. The second-order valence-electron chi connectivity index (χ2n) is 6.19. The van der Waals surface area contributed by atoms with Gasteiger partial charge in [-0.1, -0.05) is 12.1 Å². The second-order valence-corrected chi connectivity index (χ2v) is 6.19. The smallest absolute Gasteiger partial charge is 0.274 e. The third-order valence-electron chi connectivity index (χ3n) is 4.68. The van der Waals surface area contributed by atoms with Crippen LogP contribution in [0.2, 0.25) is 0 Å². The Bertz CT molecular complexity index is 1060. The van der Waals surface area contributed by atoms with Crippen LogP contribution in [0.1, 0.15) is 31.8 Å². The van der Waals surface area contributed by atoms with Crippen LogP contribution in [0.15, 0.2) is 36.2 Å². The van der Waals surface area contributed by atoms with E-state index in [1.54, 1.807) is 35.8 Å². The van der Waals surface area contributed by atoms with Gasteiger partial charge in [-0.05, 0) is 35.9 Å². The van der Waals surface area contributed by atoms with E-state index in [0.717, 1.165) is 16.5 Å². The van der Waals surface area contributed by atoms with Gasteiger partial charge in [-0.25, -0.2) is 9.87 Å². The van der Waals surface area contributed by atoms with Crippen LogP contribution < -0.4 is 21.5 Å². The van der Waals surface area contributed by atoms with E-state index in [1.807, 2.05) is 10.6 Å². The van der Waals surface area contributed by atoms with Crippen molar-refractivity contribution in [3.05, 3.63) is 69.1 Å². The summed E-state index contributed by atoms with van der Waals surface area (Å²) in [4.78, 5) is 23.7. The first-order valence-electron chi connectivity index (χ1n) is 8.18. The molecule has 1 amide bonds. The number of nitrogens with one attached hydrogen (secondary N) is 2. The number of amides is 1. The molecule has 132 valence electrons. The van der Waals surface area contributed by atoms with Gasteiger partial charge in [0.15, 0.2) is 5.83 Å². The van der Waals surface area contributed by atoms with Crippen LogP contribution in [0.3, 0.4) is 0 Å². The Morgan fingerprint density at radius 1 is 1.23 bits per heavy atom. The van der Waals surface area contributed by atoms with Crippen LogP contribution >= 0.6 is 0 Å². The average molecular weight is 353 g/mol. The Balaban J connectivity index is 1.80. The lowest BCUT2D eigenvalue weighted by atomic mass is 10.0. The fraction of sp³-hybridized carbons (Fsp3) is 0.158. The number of carbonyl (C=O) groups is 2. The Morgan fingerprint density at radius 3 is 2.73 bits per heavy atom. The largest absolute Gasteiger partial charge is 0.336 e. The third-order valence-corrected chi connectivity index (χ3v) is 4.68. The molecule has 1 aliphatic carbocycles. The van der Waals surface area contributed by atoms with Gasteiger partial charge >= 0.3 is 0 Å². The molecule has 0 saturated carbocycles. The highest BCUT2D eigenvalue weighted by Crippen LogP contribution is 2.15. The monoisotopic (exact) mass is 353 g/mol. The van der Waals surface area contributed by atoms with Crippen LogP contribution in [0.5, 0.6) is 0 Å². The number of hydrogen-bond acceptors (Lipinski definition) is 4. The summed E-state index contributed by atoms with van der Waals surface area (Å²) in [5, 5.41) is 13.5. The van der Waals surface area contributed by atoms with Gasteiger partial charge in [0.25, 0.3) is 5.91 Å². The van der Waals surface area contributed by atoms with E-state index in [0.29, 0.717) is 36.1 Å². The molecule has 6 nitrogen and oxygen atoms in total. The highest BCUT2D eigenvalue weighted by molar-refractivity contribution is 6.10. The molecule has 4 rings (SSSR count). The van der Waals surface area contributed by atoms with E-state index < -0.39 is 17.5 Å². The van der Waals surface area contributed by atoms with Crippen molar-refractivity contribution in [2.75, 3.05) is 6.54 Å². The van der Waals surface area contributed by atoms with Crippen molar-refractivity contribution in [2.45, 2.75) is 13.1 Å². The molecule has 7 heteroatoms. The van der Waals surface area contributed by atoms with Gasteiger partial charge in [0.1, 0.15) is 0 Å². The molecule has 2 heterocycles. The molecule has 0 saturated heterocycles. The zero-order valence-electron chi connectivity index (χ0n) is 13.8. The molecule has 1 aliphatic heterocycles. The molecule has 0 bridgehead atoms. The molecular weight excluding hydrogens is 337 g/mol. The summed E-state index contributed by atoms with van der Waals surface area (Å²) < 4.78 is 15.8. The van der Waals surface area contributed by atoms with Crippen molar-refractivity contribution in [2.24, 2.45) is 0 Å².